The second-order valence-electron chi connectivity index (χ2n) is 1.59. The number of carboxylic acids is 1. The fourth-order valence-corrected chi connectivity index (χ4v) is 1.13. The van der Waals surface area contributed by atoms with Gasteiger partial charge in [0.1, 0.15) is 0 Å². The van der Waals surface area contributed by atoms with Gasteiger partial charge in [-0.3, -0.25) is 0 Å². The van der Waals surface area contributed by atoms with Crippen molar-refractivity contribution in [3.05, 3.63) is 11.1 Å². The van der Waals surface area contributed by atoms with Crippen LogP contribution in [0.25, 0.3) is 0 Å². The van der Waals surface area contributed by atoms with E-state index in [-0.39, 0.29) is 18.1 Å². The summed E-state index contributed by atoms with van der Waals surface area (Å²) in [6.07, 6.45) is 0. The summed E-state index contributed by atoms with van der Waals surface area (Å²) >= 11 is 1.27. The van der Waals surface area contributed by atoms with Gasteiger partial charge in [-0.1, -0.05) is 0 Å². The number of carbonyl (C=O) groups is 1. The van der Waals surface area contributed by atoms with Crippen molar-refractivity contribution in [2.24, 2.45) is 0 Å². The van der Waals surface area contributed by atoms with Gasteiger partial charge in [-0.05, 0) is 0 Å². The molecule has 1 heterocycles. The zero-order valence-corrected chi connectivity index (χ0v) is 7.33. The van der Waals surface area contributed by atoms with Gasteiger partial charge in [0.2, 0.25) is 0 Å². The SMILES string of the molecule is CNc1nc(C(=O)O)cs1.Cl. The normalized spacial score (nSPS) is 8.45. The standard InChI is InChI=1S/C5H6N2O2S.ClH/c1-6-5-7-3(2-10-5)4(8)9;/h2H,1H3,(H,6,7)(H,8,9);1H. The first-order valence-corrected chi connectivity index (χ1v) is 3.48. The summed E-state index contributed by atoms with van der Waals surface area (Å²) in [6.45, 7) is 0. The molecule has 0 aromatic carbocycles. The molecule has 2 N–H and O–H groups in total. The number of hydrogen-bond acceptors (Lipinski definition) is 4. The number of anilines is 1. The number of hydrogen-bond donors (Lipinski definition) is 2. The summed E-state index contributed by atoms with van der Waals surface area (Å²) in [5.74, 6) is -0.988. The maximum Gasteiger partial charge on any atom is 0.355 e. The van der Waals surface area contributed by atoms with Gasteiger partial charge in [0.05, 0.1) is 0 Å². The Morgan fingerprint density at radius 3 is 2.73 bits per heavy atom. The van der Waals surface area contributed by atoms with E-state index in [4.69, 9.17) is 5.11 Å². The van der Waals surface area contributed by atoms with Gasteiger partial charge in [0, 0.05) is 12.4 Å². The Kier molecular flexibility index (Phi) is 3.84. The molecule has 1 aromatic heterocycles. The molecule has 1 rings (SSSR count). The summed E-state index contributed by atoms with van der Waals surface area (Å²) in [4.78, 5) is 14.0. The summed E-state index contributed by atoms with van der Waals surface area (Å²) in [7, 11) is 1.70. The molecule has 1 aromatic rings. The van der Waals surface area contributed by atoms with Crippen LogP contribution in [0, 0.1) is 0 Å². The second kappa shape index (κ2) is 4.15. The van der Waals surface area contributed by atoms with Crippen molar-refractivity contribution in [2.75, 3.05) is 12.4 Å². The lowest BCUT2D eigenvalue weighted by atomic mass is 10.5. The van der Waals surface area contributed by atoms with Crippen LogP contribution < -0.4 is 5.32 Å². The number of carboxylic acid groups (broad SMARTS) is 1. The molecule has 6 heteroatoms. The van der Waals surface area contributed by atoms with Gasteiger partial charge in [-0.25, -0.2) is 9.78 Å². The van der Waals surface area contributed by atoms with E-state index in [1.807, 2.05) is 0 Å². The van der Waals surface area contributed by atoms with E-state index in [2.05, 4.69) is 10.3 Å². The molecule has 0 fully saturated rings. The minimum Gasteiger partial charge on any atom is -0.476 e. The number of nitrogens with zero attached hydrogens (tertiary/aromatic N) is 1. The van der Waals surface area contributed by atoms with E-state index >= 15 is 0 Å². The third-order valence-electron chi connectivity index (χ3n) is 0.937. The molecule has 0 amide bonds. The minimum atomic E-state index is -0.988. The van der Waals surface area contributed by atoms with Crippen molar-refractivity contribution in [1.29, 1.82) is 0 Å². The first kappa shape index (κ1) is 10.2. The molecule has 0 saturated heterocycles. The summed E-state index contributed by atoms with van der Waals surface area (Å²) in [5.41, 5.74) is 0.0920. The molecule has 11 heavy (non-hydrogen) atoms. The van der Waals surface area contributed by atoms with Crippen LogP contribution in [-0.2, 0) is 0 Å². The van der Waals surface area contributed by atoms with E-state index in [0.717, 1.165) is 0 Å². The van der Waals surface area contributed by atoms with Crippen molar-refractivity contribution in [2.45, 2.75) is 0 Å². The maximum absolute atomic E-state index is 10.2. The van der Waals surface area contributed by atoms with Crippen LogP contribution in [0.4, 0.5) is 5.13 Å². The van der Waals surface area contributed by atoms with Gasteiger partial charge in [-0.15, -0.1) is 23.7 Å². The molecule has 62 valence electrons. The topological polar surface area (TPSA) is 62.2 Å². The summed E-state index contributed by atoms with van der Waals surface area (Å²) in [5, 5.41) is 13.3. The van der Waals surface area contributed by atoms with Gasteiger partial charge in [-0.2, -0.15) is 0 Å². The lowest BCUT2D eigenvalue weighted by Crippen LogP contribution is -1.96. The molecular formula is C5H7ClN2O2S. The summed E-state index contributed by atoms with van der Waals surface area (Å²) in [6, 6.07) is 0. The van der Waals surface area contributed by atoms with Gasteiger partial charge in [0.25, 0.3) is 0 Å². The van der Waals surface area contributed by atoms with E-state index in [1.165, 1.54) is 16.7 Å². The molecule has 0 bridgehead atoms. The Labute approximate surface area is 73.7 Å². The molecule has 4 nitrogen and oxygen atoms in total. The number of rotatable bonds is 2. The first-order chi connectivity index (χ1) is 4.74. The predicted molar refractivity (Wildman–Crippen MR) is 45.9 cm³/mol. The van der Waals surface area contributed by atoms with Crippen molar-refractivity contribution >= 4 is 34.8 Å². The largest absolute Gasteiger partial charge is 0.476 e. The molecule has 0 spiro atoms. The third-order valence-corrected chi connectivity index (χ3v) is 1.80. The monoisotopic (exact) mass is 194 g/mol. The average Bonchev–Trinajstić information content (AvgIpc) is 2.34. The highest BCUT2D eigenvalue weighted by Gasteiger charge is 2.06. The molecule has 0 saturated carbocycles. The molecular weight excluding hydrogens is 188 g/mol. The van der Waals surface area contributed by atoms with Crippen molar-refractivity contribution in [1.82, 2.24) is 4.98 Å². The van der Waals surface area contributed by atoms with E-state index < -0.39 is 5.97 Å². The molecule has 0 aliphatic heterocycles. The van der Waals surface area contributed by atoms with Gasteiger partial charge in [0.15, 0.2) is 10.8 Å². The number of nitrogens with one attached hydrogen (secondary N) is 1. The highest BCUT2D eigenvalue weighted by Crippen LogP contribution is 2.13. The van der Waals surface area contributed by atoms with Crippen molar-refractivity contribution in [3.8, 4) is 0 Å². The Bertz CT molecular complexity index is 250. The third kappa shape index (κ3) is 2.36. The zero-order valence-electron chi connectivity index (χ0n) is 5.70. The highest BCUT2D eigenvalue weighted by molar-refractivity contribution is 7.13. The van der Waals surface area contributed by atoms with E-state index in [9.17, 15) is 4.79 Å². The van der Waals surface area contributed by atoms with Crippen molar-refractivity contribution in [3.63, 3.8) is 0 Å². The number of thiazole rings is 1. The van der Waals surface area contributed by atoms with E-state index in [0.29, 0.717) is 5.13 Å². The molecule has 0 unspecified atom stereocenters. The fraction of sp³-hybridized carbons (Fsp3) is 0.200. The molecule has 0 radical (unpaired) electrons. The molecule has 0 aliphatic carbocycles. The smallest absolute Gasteiger partial charge is 0.355 e. The first-order valence-electron chi connectivity index (χ1n) is 2.60. The lowest BCUT2D eigenvalue weighted by Gasteiger charge is -1.86. The number of aromatic carboxylic acids is 1. The molecule has 0 aliphatic rings. The van der Waals surface area contributed by atoms with Crippen LogP contribution in [0.15, 0.2) is 5.38 Å². The minimum absolute atomic E-state index is 0. The highest BCUT2D eigenvalue weighted by atomic mass is 35.5. The molecule has 0 atom stereocenters. The van der Waals surface area contributed by atoms with Gasteiger partial charge >= 0.3 is 5.97 Å². The van der Waals surface area contributed by atoms with Crippen LogP contribution in [-0.4, -0.2) is 23.1 Å². The Morgan fingerprint density at radius 2 is 2.45 bits per heavy atom. The average molecular weight is 195 g/mol. The van der Waals surface area contributed by atoms with Crippen LogP contribution in [0.2, 0.25) is 0 Å². The lowest BCUT2D eigenvalue weighted by molar-refractivity contribution is 0.0691. The Hall–Kier alpha value is -0.810. The van der Waals surface area contributed by atoms with Crippen molar-refractivity contribution < 1.29 is 9.90 Å². The second-order valence-corrected chi connectivity index (χ2v) is 2.45. The maximum atomic E-state index is 10.2. The van der Waals surface area contributed by atoms with Crippen LogP contribution in [0.1, 0.15) is 10.5 Å². The van der Waals surface area contributed by atoms with Crippen LogP contribution in [0.3, 0.4) is 0 Å². The predicted octanol–water partition coefficient (Wildman–Crippen LogP) is 1.30. The summed E-state index contributed by atoms with van der Waals surface area (Å²) < 4.78 is 0. The number of halogens is 1. The van der Waals surface area contributed by atoms with Crippen LogP contribution >= 0.6 is 23.7 Å². The van der Waals surface area contributed by atoms with E-state index in [1.54, 1.807) is 7.05 Å². The Morgan fingerprint density at radius 1 is 1.82 bits per heavy atom. The quantitative estimate of drug-likeness (QED) is 0.745. The fourth-order valence-electron chi connectivity index (χ4n) is 0.487. The zero-order chi connectivity index (χ0) is 7.56. The number of aromatic nitrogens is 1. The Balaban J connectivity index is 0.000001000. The van der Waals surface area contributed by atoms with Gasteiger partial charge < -0.3 is 10.4 Å². The van der Waals surface area contributed by atoms with Crippen LogP contribution in [0.5, 0.6) is 0 Å².